The number of halogens is 2. The quantitative estimate of drug-likeness (QED) is 0.273. The molecule has 8 nitrogen and oxygen atoms in total. The third kappa shape index (κ3) is 3.73. The summed E-state index contributed by atoms with van der Waals surface area (Å²) in [5, 5.41) is 17.7. The van der Waals surface area contributed by atoms with E-state index in [0.29, 0.717) is 43.0 Å². The average molecular weight is 513 g/mol. The van der Waals surface area contributed by atoms with Crippen molar-refractivity contribution < 1.29 is 23.8 Å². The van der Waals surface area contributed by atoms with Gasteiger partial charge in [-0.15, -0.1) is 11.3 Å². The number of carbonyl (C=O) groups excluding carboxylic acids is 1. The highest BCUT2D eigenvalue weighted by Crippen LogP contribution is 2.37. The van der Waals surface area contributed by atoms with E-state index in [2.05, 4.69) is 10.3 Å². The van der Waals surface area contributed by atoms with Crippen LogP contribution < -0.4 is 20.3 Å². The molecule has 3 heterocycles. The summed E-state index contributed by atoms with van der Waals surface area (Å²) in [6.45, 7) is 0. The van der Waals surface area contributed by atoms with Crippen LogP contribution in [0, 0.1) is 0 Å². The number of pyridine rings is 1. The van der Waals surface area contributed by atoms with E-state index >= 15 is 0 Å². The third-order valence-electron chi connectivity index (χ3n) is 5.15. The van der Waals surface area contributed by atoms with E-state index in [4.69, 9.17) is 38.2 Å². The van der Waals surface area contributed by atoms with Gasteiger partial charge in [-0.3, -0.25) is 4.79 Å². The number of ketones is 1. The fourth-order valence-electron chi connectivity index (χ4n) is 3.46. The molecule has 34 heavy (non-hydrogen) atoms. The minimum absolute atomic E-state index is 0.157. The lowest BCUT2D eigenvalue weighted by molar-refractivity contribution is -0.672. The van der Waals surface area contributed by atoms with E-state index in [9.17, 15) is 9.90 Å². The number of carbonyl (C=O) groups is 1. The first kappa shape index (κ1) is 22.1. The Morgan fingerprint density at radius 3 is 2.62 bits per heavy atom. The standard InChI is InChI=1S/C23H14Cl2N4O4S/c1-32-13-5-3-12(4-6-13)29-19(23(31)33-28-29)20(30)21-18(26)15-8-9-17(27-22(15)34-21)14-7-2-11(24)10-16(14)25/h2-10H,1H3,(H2-,26,28,30,31). The van der Waals surface area contributed by atoms with Crippen LogP contribution in [0.4, 0.5) is 5.69 Å². The van der Waals surface area contributed by atoms with Crippen LogP contribution in [0.2, 0.25) is 10.0 Å². The maximum Gasteiger partial charge on any atom is 0.312 e. The molecule has 3 aromatic heterocycles. The van der Waals surface area contributed by atoms with Crippen molar-refractivity contribution in [1.82, 2.24) is 10.3 Å². The molecule has 0 saturated heterocycles. The van der Waals surface area contributed by atoms with Gasteiger partial charge >= 0.3 is 5.69 Å². The molecule has 0 aliphatic carbocycles. The summed E-state index contributed by atoms with van der Waals surface area (Å²) < 4.78 is 11.1. The van der Waals surface area contributed by atoms with E-state index in [1.807, 2.05) is 0 Å². The lowest BCUT2D eigenvalue weighted by atomic mass is 10.1. The Morgan fingerprint density at radius 1 is 1.15 bits per heavy atom. The molecule has 170 valence electrons. The van der Waals surface area contributed by atoms with Crippen molar-refractivity contribution >= 4 is 56.2 Å². The predicted octanol–water partition coefficient (Wildman–Crippen LogP) is 4.43. The van der Waals surface area contributed by atoms with Crippen LogP contribution in [0.5, 0.6) is 11.7 Å². The Morgan fingerprint density at radius 2 is 1.91 bits per heavy atom. The van der Waals surface area contributed by atoms with Crippen molar-refractivity contribution in [1.29, 1.82) is 0 Å². The van der Waals surface area contributed by atoms with E-state index in [0.717, 1.165) is 16.0 Å². The number of nitrogens with zero attached hydrogens (tertiary/aromatic N) is 3. The molecular formula is C23H14Cl2N4O4S. The van der Waals surface area contributed by atoms with Crippen molar-refractivity contribution in [2.75, 3.05) is 12.8 Å². The molecule has 0 aliphatic rings. The van der Waals surface area contributed by atoms with Gasteiger partial charge in [0.1, 0.15) is 15.5 Å². The average Bonchev–Trinajstić information content (AvgIpc) is 3.38. The van der Waals surface area contributed by atoms with Crippen molar-refractivity contribution in [2.24, 2.45) is 0 Å². The molecule has 2 aromatic carbocycles. The fourth-order valence-corrected chi connectivity index (χ4v) is 5.00. The van der Waals surface area contributed by atoms with Crippen LogP contribution in [0.3, 0.4) is 0 Å². The maximum atomic E-state index is 13.4. The summed E-state index contributed by atoms with van der Waals surface area (Å²) in [4.78, 5) is 18.7. The molecule has 5 rings (SSSR count). The highest BCUT2D eigenvalue weighted by Gasteiger charge is 2.32. The number of nitrogens with two attached hydrogens (primary N) is 1. The van der Waals surface area contributed by atoms with E-state index in [1.54, 1.807) is 54.6 Å². The van der Waals surface area contributed by atoms with Gasteiger partial charge < -0.3 is 20.1 Å². The number of aromatic nitrogens is 3. The summed E-state index contributed by atoms with van der Waals surface area (Å²) in [5.74, 6) is -0.882. The zero-order valence-electron chi connectivity index (χ0n) is 17.4. The minimum atomic E-state index is -0.876. The van der Waals surface area contributed by atoms with Gasteiger partial charge in [-0.2, -0.15) is 0 Å². The second kappa shape index (κ2) is 8.60. The number of benzene rings is 2. The molecule has 0 amide bonds. The summed E-state index contributed by atoms with van der Waals surface area (Å²) in [7, 11) is 1.54. The fraction of sp³-hybridized carbons (Fsp3) is 0.0435. The Balaban J connectivity index is 1.58. The number of ether oxygens (including phenoxy) is 1. The van der Waals surface area contributed by atoms with Crippen molar-refractivity contribution in [2.45, 2.75) is 0 Å². The highest BCUT2D eigenvalue weighted by molar-refractivity contribution is 7.21. The maximum absolute atomic E-state index is 13.4. The number of hydrogen-bond donors (Lipinski definition) is 1. The Kier molecular flexibility index (Phi) is 5.60. The van der Waals surface area contributed by atoms with Gasteiger partial charge in [0.25, 0.3) is 5.78 Å². The van der Waals surface area contributed by atoms with Gasteiger partial charge in [-0.25, -0.2) is 4.98 Å². The van der Waals surface area contributed by atoms with Crippen LogP contribution in [0.25, 0.3) is 27.2 Å². The van der Waals surface area contributed by atoms with Gasteiger partial charge in [0, 0.05) is 28.1 Å². The van der Waals surface area contributed by atoms with Crippen LogP contribution in [0.1, 0.15) is 15.4 Å². The highest BCUT2D eigenvalue weighted by atomic mass is 35.5. The molecule has 5 aromatic rings. The number of thiophene rings is 1. The Hall–Kier alpha value is -3.66. The normalized spacial score (nSPS) is 11.1. The number of rotatable bonds is 5. The van der Waals surface area contributed by atoms with E-state index in [1.165, 1.54) is 7.11 Å². The molecule has 0 spiro atoms. The summed E-state index contributed by atoms with van der Waals surface area (Å²) >= 11 is 13.4. The first-order valence-electron chi connectivity index (χ1n) is 9.80. The van der Waals surface area contributed by atoms with Gasteiger partial charge in [0.05, 0.1) is 28.8 Å². The molecule has 0 bridgehead atoms. The summed E-state index contributed by atoms with van der Waals surface area (Å²) in [6, 6.07) is 15.3. The molecule has 0 radical (unpaired) electrons. The van der Waals surface area contributed by atoms with Crippen molar-refractivity contribution in [3.05, 3.63) is 75.2 Å². The Bertz CT molecular complexity index is 1560. The second-order valence-corrected chi connectivity index (χ2v) is 9.01. The number of anilines is 1. The van der Waals surface area contributed by atoms with E-state index in [-0.39, 0.29) is 16.3 Å². The number of methoxy groups -OCH3 is 1. The van der Waals surface area contributed by atoms with E-state index < -0.39 is 11.7 Å². The minimum Gasteiger partial charge on any atom is -0.539 e. The molecule has 0 saturated carbocycles. The molecule has 0 unspecified atom stereocenters. The summed E-state index contributed by atoms with van der Waals surface area (Å²) in [5.41, 5.74) is 7.96. The predicted molar refractivity (Wildman–Crippen MR) is 127 cm³/mol. The largest absolute Gasteiger partial charge is 0.539 e. The molecule has 0 aliphatic heterocycles. The Labute approximate surface area is 206 Å². The van der Waals surface area contributed by atoms with Gasteiger partial charge in [-0.05, 0) is 47.1 Å². The zero-order chi connectivity index (χ0) is 24.0. The first-order chi connectivity index (χ1) is 16.4. The lowest BCUT2D eigenvalue weighted by Gasteiger charge is -2.04. The van der Waals surface area contributed by atoms with Gasteiger partial charge in [-0.1, -0.05) is 23.2 Å². The molecule has 11 heteroatoms. The van der Waals surface area contributed by atoms with Gasteiger partial charge in [0.2, 0.25) is 5.69 Å². The molecule has 2 N–H and O–H groups in total. The van der Waals surface area contributed by atoms with Crippen LogP contribution in [0.15, 0.2) is 59.1 Å². The molecular weight excluding hydrogens is 499 g/mol. The topological polar surface area (TPSA) is 118 Å². The van der Waals surface area contributed by atoms with Crippen LogP contribution in [-0.2, 0) is 0 Å². The van der Waals surface area contributed by atoms with Crippen LogP contribution in [-0.4, -0.2) is 23.1 Å². The third-order valence-corrected chi connectivity index (χ3v) is 6.81. The zero-order valence-corrected chi connectivity index (χ0v) is 19.7. The number of nitrogen functional groups attached to an aromatic ring is 1. The van der Waals surface area contributed by atoms with Crippen molar-refractivity contribution in [3.8, 4) is 28.6 Å². The molecule has 0 fully saturated rings. The second-order valence-electron chi connectivity index (χ2n) is 7.17. The van der Waals surface area contributed by atoms with Crippen LogP contribution >= 0.6 is 34.5 Å². The monoisotopic (exact) mass is 512 g/mol. The number of hydrogen-bond acceptors (Lipinski definition) is 8. The number of fused-ring (bicyclic) bond motifs is 1. The lowest BCUT2D eigenvalue weighted by Crippen LogP contribution is -2.39. The SMILES string of the molecule is COc1ccc(-[n+]2noc([O-])c2C(=O)c2sc3nc(-c4ccc(Cl)cc4Cl)ccc3c2N)cc1. The smallest absolute Gasteiger partial charge is 0.312 e. The van der Waals surface area contributed by atoms with Crippen molar-refractivity contribution in [3.63, 3.8) is 0 Å². The first-order valence-corrected chi connectivity index (χ1v) is 11.4. The summed E-state index contributed by atoms with van der Waals surface area (Å²) in [6.07, 6.45) is 0. The molecule has 0 atom stereocenters. The van der Waals surface area contributed by atoms with Gasteiger partial charge in [0.15, 0.2) is 5.95 Å².